The maximum atomic E-state index is 11.4. The highest BCUT2D eigenvalue weighted by Crippen LogP contribution is 2.25. The van der Waals surface area contributed by atoms with Gasteiger partial charge in [-0.1, -0.05) is 6.42 Å². The van der Waals surface area contributed by atoms with E-state index in [4.69, 9.17) is 4.74 Å². The van der Waals surface area contributed by atoms with Gasteiger partial charge in [0.15, 0.2) is 0 Å². The average molecular weight is 200 g/mol. The highest BCUT2D eigenvalue weighted by atomic mass is 16.5. The molecular weight excluding hydrogens is 180 g/mol. The van der Waals surface area contributed by atoms with Crippen molar-refractivity contribution in [3.63, 3.8) is 0 Å². The number of ether oxygens (including phenoxy) is 1. The maximum Gasteiger partial charge on any atom is 0.223 e. The zero-order chi connectivity index (χ0) is 10.2. The van der Waals surface area contributed by atoms with Gasteiger partial charge in [-0.05, 0) is 12.8 Å². The monoisotopic (exact) mass is 200 g/mol. The number of methoxy groups -OCH3 is 1. The zero-order valence-corrected chi connectivity index (χ0v) is 8.84. The number of hydrogen-bond acceptors (Lipinski definition) is 3. The first kappa shape index (κ1) is 11.5. The normalized spacial score (nSPS) is 16.4. The maximum absolute atomic E-state index is 11.4. The van der Waals surface area contributed by atoms with Crippen LogP contribution in [0.4, 0.5) is 0 Å². The van der Waals surface area contributed by atoms with E-state index in [1.54, 1.807) is 7.11 Å². The second kappa shape index (κ2) is 6.79. The molecule has 0 atom stereocenters. The van der Waals surface area contributed by atoms with Gasteiger partial charge >= 0.3 is 0 Å². The Kier molecular flexibility index (Phi) is 5.56. The molecule has 4 nitrogen and oxygen atoms in total. The molecule has 0 saturated heterocycles. The van der Waals surface area contributed by atoms with Gasteiger partial charge in [0.1, 0.15) is 0 Å². The van der Waals surface area contributed by atoms with Crippen molar-refractivity contribution in [1.29, 1.82) is 0 Å². The third-order valence-electron chi connectivity index (χ3n) is 2.56. The fourth-order valence-corrected chi connectivity index (χ4v) is 1.39. The second-order valence-electron chi connectivity index (χ2n) is 3.66. The van der Waals surface area contributed by atoms with Crippen LogP contribution in [0.5, 0.6) is 0 Å². The lowest BCUT2D eigenvalue weighted by Gasteiger charge is -2.24. The first-order valence-electron chi connectivity index (χ1n) is 5.32. The molecule has 1 aliphatic rings. The van der Waals surface area contributed by atoms with Gasteiger partial charge < -0.3 is 15.4 Å². The predicted octanol–water partition coefficient (Wildman–Crippen LogP) is 0.139. The first-order valence-corrected chi connectivity index (χ1v) is 5.32. The van der Waals surface area contributed by atoms with E-state index in [1.165, 1.54) is 6.42 Å². The molecule has 0 radical (unpaired) electrons. The Morgan fingerprint density at radius 3 is 2.71 bits per heavy atom. The molecule has 14 heavy (non-hydrogen) atoms. The standard InChI is InChI=1S/C10H20N2O2/c1-14-8-7-11-5-6-12-10(13)9-3-2-4-9/h9,11H,2-8H2,1H3,(H,12,13). The van der Waals surface area contributed by atoms with Crippen molar-refractivity contribution in [3.05, 3.63) is 0 Å². The third kappa shape index (κ3) is 4.07. The van der Waals surface area contributed by atoms with Crippen LogP contribution >= 0.6 is 0 Å². The lowest BCUT2D eigenvalue weighted by atomic mass is 9.85. The number of carbonyl (C=O) groups is 1. The van der Waals surface area contributed by atoms with E-state index in [0.717, 1.165) is 39.1 Å². The molecule has 0 bridgehead atoms. The van der Waals surface area contributed by atoms with Crippen LogP contribution in [-0.2, 0) is 9.53 Å². The van der Waals surface area contributed by atoms with Crippen LogP contribution in [0.2, 0.25) is 0 Å². The van der Waals surface area contributed by atoms with E-state index in [0.29, 0.717) is 5.92 Å². The van der Waals surface area contributed by atoms with E-state index in [9.17, 15) is 4.79 Å². The molecule has 82 valence electrons. The van der Waals surface area contributed by atoms with Gasteiger partial charge in [0.05, 0.1) is 6.61 Å². The number of nitrogens with one attached hydrogen (secondary N) is 2. The number of hydrogen-bond donors (Lipinski definition) is 2. The summed E-state index contributed by atoms with van der Waals surface area (Å²) in [6.45, 7) is 3.10. The summed E-state index contributed by atoms with van der Waals surface area (Å²) in [6, 6.07) is 0. The minimum Gasteiger partial charge on any atom is -0.383 e. The summed E-state index contributed by atoms with van der Waals surface area (Å²) < 4.78 is 4.88. The Bertz CT molecular complexity index is 170. The fourth-order valence-electron chi connectivity index (χ4n) is 1.39. The van der Waals surface area contributed by atoms with Crippen molar-refractivity contribution in [2.45, 2.75) is 19.3 Å². The third-order valence-corrected chi connectivity index (χ3v) is 2.56. The summed E-state index contributed by atoms with van der Waals surface area (Å²) in [4.78, 5) is 11.4. The highest BCUT2D eigenvalue weighted by Gasteiger charge is 2.24. The van der Waals surface area contributed by atoms with Crippen molar-refractivity contribution in [1.82, 2.24) is 10.6 Å². The Hall–Kier alpha value is -0.610. The van der Waals surface area contributed by atoms with E-state index in [-0.39, 0.29) is 5.91 Å². The fraction of sp³-hybridized carbons (Fsp3) is 0.900. The Morgan fingerprint density at radius 2 is 2.14 bits per heavy atom. The number of carbonyl (C=O) groups excluding carboxylic acids is 1. The van der Waals surface area contributed by atoms with Gasteiger partial charge in [-0.15, -0.1) is 0 Å². The van der Waals surface area contributed by atoms with Gasteiger partial charge in [0.2, 0.25) is 5.91 Å². The SMILES string of the molecule is COCCNCCNC(=O)C1CCC1. The largest absolute Gasteiger partial charge is 0.383 e. The Labute approximate surface area is 85.4 Å². The van der Waals surface area contributed by atoms with E-state index >= 15 is 0 Å². The summed E-state index contributed by atoms with van der Waals surface area (Å²) in [5, 5.41) is 6.10. The van der Waals surface area contributed by atoms with Crippen LogP contribution in [0, 0.1) is 5.92 Å². The van der Waals surface area contributed by atoms with Crippen molar-refractivity contribution < 1.29 is 9.53 Å². The Morgan fingerprint density at radius 1 is 1.36 bits per heavy atom. The first-order chi connectivity index (χ1) is 6.84. The minimum absolute atomic E-state index is 0.227. The van der Waals surface area contributed by atoms with E-state index in [2.05, 4.69) is 10.6 Å². The van der Waals surface area contributed by atoms with Gasteiger partial charge in [-0.2, -0.15) is 0 Å². The molecule has 1 fully saturated rings. The number of amides is 1. The molecule has 1 rings (SSSR count). The second-order valence-corrected chi connectivity index (χ2v) is 3.66. The highest BCUT2D eigenvalue weighted by molar-refractivity contribution is 5.79. The van der Waals surface area contributed by atoms with E-state index < -0.39 is 0 Å². The molecular formula is C10H20N2O2. The molecule has 1 amide bonds. The van der Waals surface area contributed by atoms with Crippen molar-refractivity contribution in [2.24, 2.45) is 5.92 Å². The molecule has 1 aliphatic carbocycles. The van der Waals surface area contributed by atoms with Crippen LogP contribution in [-0.4, -0.2) is 39.3 Å². The quantitative estimate of drug-likeness (QED) is 0.575. The molecule has 0 aliphatic heterocycles. The van der Waals surface area contributed by atoms with Crippen LogP contribution in [0.15, 0.2) is 0 Å². The number of rotatable bonds is 7. The Balaban J connectivity index is 1.85. The van der Waals surface area contributed by atoms with Crippen LogP contribution in [0.3, 0.4) is 0 Å². The van der Waals surface area contributed by atoms with Gasteiger partial charge in [0.25, 0.3) is 0 Å². The van der Waals surface area contributed by atoms with Crippen molar-refractivity contribution in [3.8, 4) is 0 Å². The van der Waals surface area contributed by atoms with Gasteiger partial charge in [0, 0.05) is 32.7 Å². The van der Waals surface area contributed by atoms with E-state index in [1.807, 2.05) is 0 Å². The van der Waals surface area contributed by atoms with Crippen molar-refractivity contribution >= 4 is 5.91 Å². The van der Waals surface area contributed by atoms with Gasteiger partial charge in [-0.3, -0.25) is 4.79 Å². The molecule has 0 aromatic heterocycles. The minimum atomic E-state index is 0.227. The summed E-state index contributed by atoms with van der Waals surface area (Å²) in [7, 11) is 1.68. The summed E-state index contributed by atoms with van der Waals surface area (Å²) in [6.07, 6.45) is 3.36. The van der Waals surface area contributed by atoms with Crippen LogP contribution < -0.4 is 10.6 Å². The predicted molar refractivity (Wildman–Crippen MR) is 55.1 cm³/mol. The summed E-state index contributed by atoms with van der Waals surface area (Å²) in [5.74, 6) is 0.527. The molecule has 0 aromatic carbocycles. The molecule has 1 saturated carbocycles. The zero-order valence-electron chi connectivity index (χ0n) is 8.84. The lowest BCUT2D eigenvalue weighted by Crippen LogP contribution is -2.38. The van der Waals surface area contributed by atoms with Crippen LogP contribution in [0.1, 0.15) is 19.3 Å². The topological polar surface area (TPSA) is 50.4 Å². The van der Waals surface area contributed by atoms with Gasteiger partial charge in [-0.25, -0.2) is 0 Å². The summed E-state index contributed by atoms with van der Waals surface area (Å²) >= 11 is 0. The smallest absolute Gasteiger partial charge is 0.223 e. The lowest BCUT2D eigenvalue weighted by molar-refractivity contribution is -0.127. The molecule has 2 N–H and O–H groups in total. The molecule has 0 unspecified atom stereocenters. The molecule has 4 heteroatoms. The molecule has 0 heterocycles. The summed E-state index contributed by atoms with van der Waals surface area (Å²) in [5.41, 5.74) is 0. The van der Waals surface area contributed by atoms with Crippen LogP contribution in [0.25, 0.3) is 0 Å². The average Bonchev–Trinajstić information content (AvgIpc) is 2.08. The molecule has 0 aromatic rings. The molecule has 0 spiro atoms. The van der Waals surface area contributed by atoms with Crippen molar-refractivity contribution in [2.75, 3.05) is 33.4 Å².